The maximum Gasteiger partial charge on any atom is 0.443 e. The van der Waals surface area contributed by atoms with E-state index in [1.165, 1.54) is 13.0 Å². The van der Waals surface area contributed by atoms with Crippen molar-refractivity contribution in [1.82, 2.24) is 25.4 Å². The first kappa shape index (κ1) is 20.7. The molecule has 0 unspecified atom stereocenters. The normalized spacial score (nSPS) is 13.3. The fourth-order valence-electron chi connectivity index (χ4n) is 2.09. The van der Waals surface area contributed by atoms with Crippen LogP contribution in [0.5, 0.6) is 0 Å². The van der Waals surface area contributed by atoms with Gasteiger partial charge in [0.1, 0.15) is 17.4 Å². The third-order valence-corrected chi connectivity index (χ3v) is 4.33. The van der Waals surface area contributed by atoms with Gasteiger partial charge in [0.2, 0.25) is 11.7 Å². The maximum atomic E-state index is 12.7. The highest BCUT2D eigenvalue weighted by Gasteiger charge is 2.35. The van der Waals surface area contributed by atoms with E-state index in [0.29, 0.717) is 0 Å². The number of nitrogens with one attached hydrogen (secondary N) is 1. The van der Waals surface area contributed by atoms with E-state index in [1.807, 2.05) is 0 Å². The third kappa shape index (κ3) is 4.70. The summed E-state index contributed by atoms with van der Waals surface area (Å²) in [5.41, 5.74) is -1.61. The number of alkyl halides is 6. The van der Waals surface area contributed by atoms with Gasteiger partial charge < -0.3 is 9.84 Å². The van der Waals surface area contributed by atoms with E-state index in [0.717, 1.165) is 17.6 Å². The summed E-state index contributed by atoms with van der Waals surface area (Å²) in [6.07, 6.45) is -8.40. The number of carbonyl (C=O) groups excluding carboxylic acids is 1. The Kier molecular flexibility index (Phi) is 5.30. The summed E-state index contributed by atoms with van der Waals surface area (Å²) in [5, 5.41) is 5.65. The van der Waals surface area contributed by atoms with E-state index in [-0.39, 0.29) is 28.6 Å². The van der Waals surface area contributed by atoms with Crippen LogP contribution in [0.2, 0.25) is 0 Å². The van der Waals surface area contributed by atoms with Crippen LogP contribution in [-0.2, 0) is 12.4 Å². The molecule has 3 aromatic heterocycles. The highest BCUT2D eigenvalue weighted by atomic mass is 32.1. The van der Waals surface area contributed by atoms with Crippen molar-refractivity contribution in [2.45, 2.75) is 25.3 Å². The third-order valence-electron chi connectivity index (χ3n) is 3.45. The standard InChI is InChI=1S/C15H9F6N5O2S/c1-6(23-11(27)8-5-29-13(24-8)15(19,20)21)12-25-10(26-28-12)7-2-3-22-9(4-7)14(16,17)18/h2-6H,1H3,(H,23,27)/t6-/m0/s1. The number of amides is 1. The molecule has 7 nitrogen and oxygen atoms in total. The van der Waals surface area contributed by atoms with Gasteiger partial charge in [-0.25, -0.2) is 4.98 Å². The predicted molar refractivity (Wildman–Crippen MR) is 85.5 cm³/mol. The largest absolute Gasteiger partial charge is 0.443 e. The van der Waals surface area contributed by atoms with Crippen LogP contribution in [0, 0.1) is 0 Å². The smallest absolute Gasteiger partial charge is 0.339 e. The zero-order chi connectivity index (χ0) is 21.4. The summed E-state index contributed by atoms with van der Waals surface area (Å²) >= 11 is 0.266. The number of nitrogens with zero attached hydrogens (tertiary/aromatic N) is 4. The Morgan fingerprint density at radius 1 is 1.17 bits per heavy atom. The van der Waals surface area contributed by atoms with E-state index in [4.69, 9.17) is 4.52 Å². The average Bonchev–Trinajstić information content (AvgIpc) is 3.30. The molecule has 29 heavy (non-hydrogen) atoms. The summed E-state index contributed by atoms with van der Waals surface area (Å²) in [4.78, 5) is 22.4. The Bertz CT molecular complexity index is 1030. The zero-order valence-corrected chi connectivity index (χ0v) is 15.0. The molecule has 3 rings (SSSR count). The first-order valence-electron chi connectivity index (χ1n) is 7.66. The quantitative estimate of drug-likeness (QED) is 0.618. The zero-order valence-electron chi connectivity index (χ0n) is 14.2. The minimum absolute atomic E-state index is 0.0184. The van der Waals surface area contributed by atoms with Gasteiger partial charge in [0.25, 0.3) is 5.91 Å². The van der Waals surface area contributed by atoms with Crippen LogP contribution in [-0.4, -0.2) is 26.0 Å². The van der Waals surface area contributed by atoms with Crippen LogP contribution in [0.3, 0.4) is 0 Å². The molecule has 0 aliphatic carbocycles. The van der Waals surface area contributed by atoms with Gasteiger partial charge in [0.15, 0.2) is 5.01 Å². The fraction of sp³-hybridized carbons (Fsp3) is 0.267. The molecule has 3 heterocycles. The lowest BCUT2D eigenvalue weighted by Gasteiger charge is -2.08. The van der Waals surface area contributed by atoms with E-state index in [1.54, 1.807) is 0 Å². The second kappa shape index (κ2) is 7.42. The van der Waals surface area contributed by atoms with Gasteiger partial charge in [0, 0.05) is 17.1 Å². The minimum Gasteiger partial charge on any atom is -0.339 e. The van der Waals surface area contributed by atoms with Crippen LogP contribution in [0.4, 0.5) is 26.3 Å². The van der Waals surface area contributed by atoms with Gasteiger partial charge in [-0.2, -0.15) is 31.3 Å². The predicted octanol–water partition coefficient (Wildman–Crippen LogP) is 4.12. The number of carbonyl (C=O) groups is 1. The molecule has 1 amide bonds. The lowest BCUT2D eigenvalue weighted by Crippen LogP contribution is -2.27. The minimum atomic E-state index is -4.67. The lowest BCUT2D eigenvalue weighted by atomic mass is 10.2. The monoisotopic (exact) mass is 437 g/mol. The van der Waals surface area contributed by atoms with Crippen LogP contribution >= 0.6 is 11.3 Å². The SMILES string of the molecule is C[C@H](NC(=O)c1csc(C(F)(F)F)n1)c1nc(-c2ccnc(C(F)(F)F)c2)no1. The maximum absolute atomic E-state index is 12.7. The molecule has 1 N–H and O–H groups in total. The van der Waals surface area contributed by atoms with Crippen molar-refractivity contribution in [3.63, 3.8) is 0 Å². The number of hydrogen-bond acceptors (Lipinski definition) is 7. The first-order chi connectivity index (χ1) is 13.4. The van der Waals surface area contributed by atoms with Crippen molar-refractivity contribution < 1.29 is 35.7 Å². The van der Waals surface area contributed by atoms with Crippen molar-refractivity contribution in [3.05, 3.63) is 46.0 Å². The molecule has 14 heteroatoms. The van der Waals surface area contributed by atoms with Gasteiger partial charge in [-0.15, -0.1) is 11.3 Å². The summed E-state index contributed by atoms with van der Waals surface area (Å²) in [7, 11) is 0. The number of hydrogen-bond donors (Lipinski definition) is 1. The lowest BCUT2D eigenvalue weighted by molar-refractivity contribution is -0.141. The Morgan fingerprint density at radius 3 is 2.52 bits per heavy atom. The Morgan fingerprint density at radius 2 is 1.90 bits per heavy atom. The van der Waals surface area contributed by atoms with E-state index in [2.05, 4.69) is 25.4 Å². The molecule has 0 spiro atoms. The number of aromatic nitrogens is 4. The van der Waals surface area contributed by atoms with Gasteiger partial charge in [0.05, 0.1) is 0 Å². The highest BCUT2D eigenvalue weighted by Crippen LogP contribution is 2.32. The molecule has 1 atom stereocenters. The molecule has 0 fully saturated rings. The van der Waals surface area contributed by atoms with Gasteiger partial charge in [-0.1, -0.05) is 5.16 Å². The van der Waals surface area contributed by atoms with Gasteiger partial charge in [-0.3, -0.25) is 9.78 Å². The first-order valence-corrected chi connectivity index (χ1v) is 8.54. The molecular weight excluding hydrogens is 428 g/mol. The molecular formula is C15H9F6N5O2S. The molecule has 0 aliphatic rings. The number of halogens is 6. The Balaban J connectivity index is 1.73. The van der Waals surface area contributed by atoms with Crippen molar-refractivity contribution in [2.75, 3.05) is 0 Å². The topological polar surface area (TPSA) is 93.8 Å². The summed E-state index contributed by atoms with van der Waals surface area (Å²) < 4.78 is 80.9. The molecule has 0 radical (unpaired) electrons. The Hall–Kier alpha value is -3.03. The molecule has 3 aromatic rings. The van der Waals surface area contributed by atoms with Crippen molar-refractivity contribution in [1.29, 1.82) is 0 Å². The summed E-state index contributed by atoms with van der Waals surface area (Å²) in [6, 6.07) is 1.02. The van der Waals surface area contributed by atoms with Gasteiger partial charge in [-0.05, 0) is 19.1 Å². The molecule has 0 saturated carbocycles. The average molecular weight is 437 g/mol. The molecule has 0 bridgehead atoms. The van der Waals surface area contributed by atoms with Crippen molar-refractivity contribution in [3.8, 4) is 11.4 Å². The molecule has 0 aromatic carbocycles. The van der Waals surface area contributed by atoms with E-state index < -0.39 is 40.7 Å². The van der Waals surface area contributed by atoms with E-state index >= 15 is 0 Å². The Labute approximate surface area is 161 Å². The number of pyridine rings is 1. The van der Waals surface area contributed by atoms with E-state index in [9.17, 15) is 31.1 Å². The molecule has 154 valence electrons. The van der Waals surface area contributed by atoms with Crippen LogP contribution in [0.25, 0.3) is 11.4 Å². The second-order valence-electron chi connectivity index (χ2n) is 5.61. The van der Waals surface area contributed by atoms with Crippen LogP contribution < -0.4 is 5.32 Å². The fourth-order valence-corrected chi connectivity index (χ4v) is 2.76. The molecule has 0 aliphatic heterocycles. The summed E-state index contributed by atoms with van der Waals surface area (Å²) in [5.74, 6) is -1.25. The summed E-state index contributed by atoms with van der Waals surface area (Å²) in [6.45, 7) is 1.40. The molecule has 0 saturated heterocycles. The highest BCUT2D eigenvalue weighted by molar-refractivity contribution is 7.09. The number of rotatable bonds is 4. The van der Waals surface area contributed by atoms with Crippen LogP contribution in [0.1, 0.15) is 40.0 Å². The van der Waals surface area contributed by atoms with Crippen molar-refractivity contribution in [2.24, 2.45) is 0 Å². The second-order valence-corrected chi connectivity index (χ2v) is 6.47. The van der Waals surface area contributed by atoms with Crippen LogP contribution in [0.15, 0.2) is 28.2 Å². The number of thiazole rings is 1. The van der Waals surface area contributed by atoms with Gasteiger partial charge >= 0.3 is 12.4 Å². The van der Waals surface area contributed by atoms with Crippen molar-refractivity contribution >= 4 is 17.2 Å².